The molecule has 0 aromatic heterocycles. The van der Waals surface area contributed by atoms with Gasteiger partial charge in [0.25, 0.3) is 0 Å². The highest BCUT2D eigenvalue weighted by atomic mass is 79.9. The third-order valence-corrected chi connectivity index (χ3v) is 2.27. The zero-order valence-electron chi connectivity index (χ0n) is 8.37. The molecule has 0 unspecified atom stereocenters. The van der Waals surface area contributed by atoms with Crippen LogP contribution in [0.2, 0.25) is 0 Å². The van der Waals surface area contributed by atoms with E-state index < -0.39 is 5.97 Å². The number of carbonyl (C=O) groups is 1. The van der Waals surface area contributed by atoms with Crippen LogP contribution in [0.5, 0.6) is 0 Å². The molecule has 0 atom stereocenters. The van der Waals surface area contributed by atoms with E-state index in [4.69, 9.17) is 10.5 Å². The Hall–Kier alpha value is -1.29. The smallest absolute Gasteiger partial charge is 0.332 e. The number of hydrogen-bond acceptors (Lipinski definition) is 3. The Labute approximate surface area is 97.0 Å². The molecule has 1 aromatic carbocycles. The van der Waals surface area contributed by atoms with E-state index in [1.165, 1.54) is 6.08 Å². The summed E-state index contributed by atoms with van der Waals surface area (Å²) in [7, 11) is 0. The lowest BCUT2D eigenvalue weighted by atomic mass is 10.1. The average molecular weight is 270 g/mol. The second-order valence-corrected chi connectivity index (χ2v) is 3.77. The first-order chi connectivity index (χ1) is 7.13. The van der Waals surface area contributed by atoms with Crippen LogP contribution < -0.4 is 5.73 Å². The number of hydrogen-bond donors (Lipinski definition) is 1. The number of rotatable bonds is 3. The molecule has 1 rings (SSSR count). The highest BCUT2D eigenvalue weighted by molar-refractivity contribution is 9.10. The number of halogens is 1. The number of nitrogens with two attached hydrogens (primary N) is 1. The zero-order chi connectivity index (χ0) is 11.3. The second-order valence-electron chi connectivity index (χ2n) is 2.86. The molecule has 1 aromatic rings. The van der Waals surface area contributed by atoms with Crippen LogP contribution in [0.15, 0.2) is 34.8 Å². The molecule has 15 heavy (non-hydrogen) atoms. The maximum atomic E-state index is 11.1. The van der Waals surface area contributed by atoms with Crippen molar-refractivity contribution in [3.8, 4) is 0 Å². The van der Waals surface area contributed by atoms with E-state index in [0.29, 0.717) is 12.3 Å². The van der Waals surface area contributed by atoms with Crippen LogP contribution in [0, 0.1) is 0 Å². The summed E-state index contributed by atoms with van der Waals surface area (Å²) in [5.74, 6) is -0.419. The van der Waals surface area contributed by atoms with Gasteiger partial charge in [-0.1, -0.05) is 28.1 Å². The van der Waals surface area contributed by atoms with Gasteiger partial charge in [0, 0.05) is 16.2 Å². The molecule has 0 saturated carbocycles. The molecule has 2 N–H and O–H groups in total. The fourth-order valence-corrected chi connectivity index (χ4v) is 1.30. The van der Waals surface area contributed by atoms with Crippen molar-refractivity contribution in [2.75, 3.05) is 6.61 Å². The normalized spacial score (nSPS) is 11.2. The highest BCUT2D eigenvalue weighted by Crippen LogP contribution is 2.14. The van der Waals surface area contributed by atoms with Gasteiger partial charge in [0.2, 0.25) is 0 Å². The topological polar surface area (TPSA) is 52.3 Å². The van der Waals surface area contributed by atoms with Gasteiger partial charge in [0.15, 0.2) is 0 Å². The third kappa shape index (κ3) is 3.75. The van der Waals surface area contributed by atoms with Crippen LogP contribution in [-0.4, -0.2) is 12.6 Å². The van der Waals surface area contributed by atoms with E-state index in [0.717, 1.165) is 10.0 Å². The molecular formula is C11H12BrNO2. The molecule has 0 radical (unpaired) electrons. The van der Waals surface area contributed by atoms with Gasteiger partial charge in [-0.05, 0) is 24.6 Å². The minimum Gasteiger partial charge on any atom is -0.463 e. The Morgan fingerprint density at radius 1 is 1.47 bits per heavy atom. The van der Waals surface area contributed by atoms with Crippen LogP contribution in [0.1, 0.15) is 12.5 Å². The third-order valence-electron chi connectivity index (χ3n) is 1.74. The predicted molar refractivity (Wildman–Crippen MR) is 62.9 cm³/mol. The van der Waals surface area contributed by atoms with Gasteiger partial charge in [-0.25, -0.2) is 4.79 Å². The highest BCUT2D eigenvalue weighted by Gasteiger charge is 2.01. The van der Waals surface area contributed by atoms with Crippen LogP contribution >= 0.6 is 15.9 Å². The van der Waals surface area contributed by atoms with Gasteiger partial charge < -0.3 is 10.5 Å². The van der Waals surface area contributed by atoms with E-state index in [1.54, 1.807) is 6.92 Å². The van der Waals surface area contributed by atoms with Crippen molar-refractivity contribution in [3.63, 3.8) is 0 Å². The molecule has 0 fully saturated rings. The summed E-state index contributed by atoms with van der Waals surface area (Å²) < 4.78 is 5.72. The van der Waals surface area contributed by atoms with Crippen LogP contribution in [0.4, 0.5) is 0 Å². The lowest BCUT2D eigenvalue weighted by molar-refractivity contribution is -0.137. The summed E-state index contributed by atoms with van der Waals surface area (Å²) >= 11 is 3.32. The number of esters is 1. The Morgan fingerprint density at radius 2 is 2.07 bits per heavy atom. The maximum Gasteiger partial charge on any atom is 0.332 e. The summed E-state index contributed by atoms with van der Waals surface area (Å²) in [6.07, 6.45) is 1.28. The summed E-state index contributed by atoms with van der Waals surface area (Å²) in [5.41, 5.74) is 6.92. The Morgan fingerprint density at radius 3 is 2.60 bits per heavy atom. The van der Waals surface area contributed by atoms with Crippen molar-refractivity contribution < 1.29 is 9.53 Å². The number of benzene rings is 1. The largest absolute Gasteiger partial charge is 0.463 e. The number of ether oxygens (including phenoxy) is 1. The van der Waals surface area contributed by atoms with E-state index in [1.807, 2.05) is 24.3 Å². The molecule has 0 saturated heterocycles. The molecule has 80 valence electrons. The van der Waals surface area contributed by atoms with E-state index >= 15 is 0 Å². The van der Waals surface area contributed by atoms with E-state index in [-0.39, 0.29) is 0 Å². The molecule has 0 bridgehead atoms. The van der Waals surface area contributed by atoms with Crippen molar-refractivity contribution in [2.45, 2.75) is 6.92 Å². The molecule has 4 heteroatoms. The van der Waals surface area contributed by atoms with Crippen LogP contribution in [-0.2, 0) is 9.53 Å². The van der Waals surface area contributed by atoms with E-state index in [2.05, 4.69) is 15.9 Å². The minimum atomic E-state index is -0.419. The molecule has 0 aliphatic carbocycles. The van der Waals surface area contributed by atoms with Crippen LogP contribution in [0.25, 0.3) is 5.70 Å². The Balaban J connectivity index is 2.79. The first-order valence-corrected chi connectivity index (χ1v) is 5.32. The molecule has 0 aliphatic heterocycles. The Kier molecular flexibility index (Phi) is 4.37. The Bertz CT molecular complexity index is 371. The number of carbonyl (C=O) groups excluding carboxylic acids is 1. The van der Waals surface area contributed by atoms with Crippen molar-refractivity contribution in [2.24, 2.45) is 5.73 Å². The summed E-state index contributed by atoms with van der Waals surface area (Å²) in [6, 6.07) is 7.38. The lowest BCUT2D eigenvalue weighted by Crippen LogP contribution is -2.04. The SMILES string of the molecule is CCOC(=O)C=C(N)c1ccc(Br)cc1. The molecule has 3 nitrogen and oxygen atoms in total. The summed E-state index contributed by atoms with van der Waals surface area (Å²) in [4.78, 5) is 11.1. The molecule has 0 heterocycles. The zero-order valence-corrected chi connectivity index (χ0v) is 9.95. The molecular weight excluding hydrogens is 258 g/mol. The van der Waals surface area contributed by atoms with Crippen molar-refractivity contribution >= 4 is 27.6 Å². The van der Waals surface area contributed by atoms with Crippen molar-refractivity contribution in [1.82, 2.24) is 0 Å². The van der Waals surface area contributed by atoms with E-state index in [9.17, 15) is 4.79 Å². The van der Waals surface area contributed by atoms with Gasteiger partial charge in [0.05, 0.1) is 6.61 Å². The average Bonchev–Trinajstić information content (AvgIpc) is 2.18. The summed E-state index contributed by atoms with van der Waals surface area (Å²) in [5, 5.41) is 0. The fraction of sp³-hybridized carbons (Fsp3) is 0.182. The van der Waals surface area contributed by atoms with Gasteiger partial charge in [-0.15, -0.1) is 0 Å². The standard InChI is InChI=1S/C11H12BrNO2/c1-2-15-11(14)7-10(13)8-3-5-9(12)6-4-8/h3-7H,2,13H2,1H3. The molecule has 0 aliphatic rings. The lowest BCUT2D eigenvalue weighted by Gasteiger charge is -2.02. The quantitative estimate of drug-likeness (QED) is 0.677. The monoisotopic (exact) mass is 269 g/mol. The first-order valence-electron chi connectivity index (χ1n) is 4.53. The van der Waals surface area contributed by atoms with Crippen molar-refractivity contribution in [1.29, 1.82) is 0 Å². The fourth-order valence-electron chi connectivity index (χ4n) is 1.04. The molecule has 0 spiro atoms. The predicted octanol–water partition coefficient (Wildman–Crippen LogP) is 2.31. The van der Waals surface area contributed by atoms with Gasteiger partial charge >= 0.3 is 5.97 Å². The van der Waals surface area contributed by atoms with Gasteiger partial charge in [-0.2, -0.15) is 0 Å². The van der Waals surface area contributed by atoms with Gasteiger partial charge in [-0.3, -0.25) is 0 Å². The minimum absolute atomic E-state index is 0.350. The summed E-state index contributed by atoms with van der Waals surface area (Å²) in [6.45, 7) is 2.10. The maximum absolute atomic E-state index is 11.1. The first kappa shape index (κ1) is 11.8. The second kappa shape index (κ2) is 5.56. The van der Waals surface area contributed by atoms with Gasteiger partial charge in [0.1, 0.15) is 0 Å². The molecule has 0 amide bonds. The van der Waals surface area contributed by atoms with Crippen molar-refractivity contribution in [3.05, 3.63) is 40.4 Å². The van der Waals surface area contributed by atoms with Crippen LogP contribution in [0.3, 0.4) is 0 Å².